The summed E-state index contributed by atoms with van der Waals surface area (Å²) in [7, 11) is 3.99. The van der Waals surface area contributed by atoms with Gasteiger partial charge in [-0.25, -0.2) is 0 Å². The molecule has 0 saturated carbocycles. The third-order valence-electron chi connectivity index (χ3n) is 3.57. The Morgan fingerprint density at radius 2 is 2.21 bits per heavy atom. The van der Waals surface area contributed by atoms with Gasteiger partial charge in [0.2, 0.25) is 0 Å². The van der Waals surface area contributed by atoms with E-state index in [4.69, 9.17) is 0 Å². The fraction of sp³-hybridized carbons (Fsp3) is 0.533. The molecule has 1 aromatic carbocycles. The quantitative estimate of drug-likeness (QED) is 0.802. The van der Waals surface area contributed by atoms with Crippen LogP contribution in [0.25, 0.3) is 0 Å². The Hall–Kier alpha value is -1.55. The molecule has 2 N–H and O–H groups in total. The molecule has 1 heterocycles. The SMILES string of the molecule is CNCCNC(=O)c1ccc2c(c1)CC(C)CN2C. The van der Waals surface area contributed by atoms with E-state index in [-0.39, 0.29) is 5.91 Å². The van der Waals surface area contributed by atoms with Gasteiger partial charge in [0.25, 0.3) is 5.91 Å². The van der Waals surface area contributed by atoms with Gasteiger partial charge in [-0.15, -0.1) is 0 Å². The number of carbonyl (C=O) groups excluding carboxylic acids is 1. The molecule has 4 nitrogen and oxygen atoms in total. The molecule has 0 spiro atoms. The molecule has 0 saturated heterocycles. The number of hydrogen-bond donors (Lipinski definition) is 2. The minimum atomic E-state index is 0.0129. The van der Waals surface area contributed by atoms with Gasteiger partial charge in [-0.3, -0.25) is 4.79 Å². The Kier molecular flexibility index (Phi) is 4.43. The molecule has 1 amide bonds. The number of hydrogen-bond acceptors (Lipinski definition) is 3. The van der Waals surface area contributed by atoms with Crippen LogP contribution in [0.3, 0.4) is 0 Å². The smallest absolute Gasteiger partial charge is 0.251 e. The highest BCUT2D eigenvalue weighted by molar-refractivity contribution is 5.95. The molecule has 0 radical (unpaired) electrons. The number of rotatable bonds is 4. The van der Waals surface area contributed by atoms with Gasteiger partial charge in [-0.05, 0) is 43.1 Å². The number of nitrogens with zero attached hydrogens (tertiary/aromatic N) is 1. The normalized spacial score (nSPS) is 18.1. The van der Waals surface area contributed by atoms with E-state index < -0.39 is 0 Å². The summed E-state index contributed by atoms with van der Waals surface area (Å²) in [6, 6.07) is 6.02. The number of likely N-dealkylation sites (N-methyl/N-ethyl adjacent to an activating group) is 1. The van der Waals surface area contributed by atoms with E-state index in [1.165, 1.54) is 11.3 Å². The average molecular weight is 261 g/mol. The van der Waals surface area contributed by atoms with E-state index in [0.717, 1.165) is 25.1 Å². The van der Waals surface area contributed by atoms with Crippen molar-refractivity contribution < 1.29 is 4.79 Å². The first-order valence-electron chi connectivity index (χ1n) is 6.88. The Bertz CT molecular complexity index is 459. The van der Waals surface area contributed by atoms with Crippen LogP contribution in [0.15, 0.2) is 18.2 Å². The zero-order chi connectivity index (χ0) is 13.8. The molecule has 1 aliphatic heterocycles. The molecule has 104 valence electrons. The summed E-state index contributed by atoms with van der Waals surface area (Å²) in [6.45, 7) is 4.78. The van der Waals surface area contributed by atoms with E-state index in [2.05, 4.69) is 35.6 Å². The van der Waals surface area contributed by atoms with E-state index in [1.807, 2.05) is 19.2 Å². The number of anilines is 1. The molecule has 19 heavy (non-hydrogen) atoms. The molecule has 1 atom stereocenters. The lowest BCUT2D eigenvalue weighted by Crippen LogP contribution is -2.32. The standard InChI is InChI=1S/C15H23N3O/c1-11-8-13-9-12(15(19)17-7-6-16-2)4-5-14(13)18(3)10-11/h4-5,9,11,16H,6-8,10H2,1-3H3,(H,17,19). The highest BCUT2D eigenvalue weighted by Crippen LogP contribution is 2.29. The first-order chi connectivity index (χ1) is 9.11. The van der Waals surface area contributed by atoms with E-state index in [0.29, 0.717) is 12.5 Å². The fourth-order valence-corrected chi connectivity index (χ4v) is 2.67. The van der Waals surface area contributed by atoms with Crippen LogP contribution in [0.2, 0.25) is 0 Å². The number of benzene rings is 1. The zero-order valence-corrected chi connectivity index (χ0v) is 12.0. The Morgan fingerprint density at radius 3 is 2.95 bits per heavy atom. The molecule has 0 aliphatic carbocycles. The van der Waals surface area contributed by atoms with Crippen molar-refractivity contribution in [2.75, 3.05) is 38.6 Å². The van der Waals surface area contributed by atoms with Crippen LogP contribution in [0, 0.1) is 5.92 Å². The molecule has 2 rings (SSSR count). The molecule has 0 fully saturated rings. The van der Waals surface area contributed by atoms with Crippen molar-refractivity contribution in [1.29, 1.82) is 0 Å². The van der Waals surface area contributed by atoms with Gasteiger partial charge in [-0.1, -0.05) is 6.92 Å². The molecule has 1 aliphatic rings. The minimum Gasteiger partial charge on any atom is -0.374 e. The van der Waals surface area contributed by atoms with Crippen LogP contribution in [-0.2, 0) is 6.42 Å². The van der Waals surface area contributed by atoms with E-state index >= 15 is 0 Å². The van der Waals surface area contributed by atoms with Crippen molar-refractivity contribution in [3.8, 4) is 0 Å². The van der Waals surface area contributed by atoms with Gasteiger partial charge in [0.15, 0.2) is 0 Å². The van der Waals surface area contributed by atoms with Crippen LogP contribution >= 0.6 is 0 Å². The van der Waals surface area contributed by atoms with Gasteiger partial charge >= 0.3 is 0 Å². The Morgan fingerprint density at radius 1 is 1.42 bits per heavy atom. The van der Waals surface area contributed by atoms with Gasteiger partial charge in [-0.2, -0.15) is 0 Å². The minimum absolute atomic E-state index is 0.0129. The van der Waals surface area contributed by atoms with E-state index in [1.54, 1.807) is 0 Å². The van der Waals surface area contributed by atoms with E-state index in [9.17, 15) is 4.79 Å². The lowest BCUT2D eigenvalue weighted by molar-refractivity contribution is 0.0954. The first kappa shape index (κ1) is 13.9. The second kappa shape index (κ2) is 6.06. The van der Waals surface area contributed by atoms with Gasteiger partial charge in [0.05, 0.1) is 0 Å². The van der Waals surface area contributed by atoms with Crippen molar-refractivity contribution in [1.82, 2.24) is 10.6 Å². The maximum absolute atomic E-state index is 12.0. The number of carbonyl (C=O) groups is 1. The highest BCUT2D eigenvalue weighted by atomic mass is 16.1. The molecule has 1 unspecified atom stereocenters. The predicted molar refractivity (Wildman–Crippen MR) is 78.8 cm³/mol. The number of fused-ring (bicyclic) bond motifs is 1. The second-order valence-electron chi connectivity index (χ2n) is 5.39. The second-order valence-corrected chi connectivity index (χ2v) is 5.39. The predicted octanol–water partition coefficient (Wildman–Crippen LogP) is 1.26. The Balaban J connectivity index is 2.12. The molecular weight excluding hydrogens is 238 g/mol. The number of amides is 1. The fourth-order valence-electron chi connectivity index (χ4n) is 2.67. The molecule has 4 heteroatoms. The Labute approximate surface area is 115 Å². The summed E-state index contributed by atoms with van der Waals surface area (Å²) >= 11 is 0. The number of nitrogens with one attached hydrogen (secondary N) is 2. The van der Waals surface area contributed by atoms with Gasteiger partial charge in [0, 0.05) is 37.9 Å². The molecule has 0 bridgehead atoms. The lowest BCUT2D eigenvalue weighted by Gasteiger charge is -2.32. The maximum Gasteiger partial charge on any atom is 0.251 e. The van der Waals surface area contributed by atoms with Crippen molar-refractivity contribution in [3.63, 3.8) is 0 Å². The van der Waals surface area contributed by atoms with Gasteiger partial charge in [0.1, 0.15) is 0 Å². The molecular formula is C15H23N3O. The van der Waals surface area contributed by atoms with Crippen LogP contribution < -0.4 is 15.5 Å². The van der Waals surface area contributed by atoms with Crippen molar-refractivity contribution in [2.24, 2.45) is 5.92 Å². The summed E-state index contributed by atoms with van der Waals surface area (Å²) in [5.41, 5.74) is 3.30. The molecule has 0 aromatic heterocycles. The summed E-state index contributed by atoms with van der Waals surface area (Å²) in [6.07, 6.45) is 1.05. The van der Waals surface area contributed by atoms with Crippen LogP contribution in [0.5, 0.6) is 0 Å². The largest absolute Gasteiger partial charge is 0.374 e. The molecule has 1 aromatic rings. The summed E-state index contributed by atoms with van der Waals surface area (Å²) in [4.78, 5) is 14.3. The van der Waals surface area contributed by atoms with Crippen molar-refractivity contribution in [2.45, 2.75) is 13.3 Å². The van der Waals surface area contributed by atoms with Crippen LogP contribution in [0.4, 0.5) is 5.69 Å². The highest BCUT2D eigenvalue weighted by Gasteiger charge is 2.20. The maximum atomic E-state index is 12.0. The van der Waals surface area contributed by atoms with Crippen LogP contribution in [0.1, 0.15) is 22.8 Å². The monoisotopic (exact) mass is 261 g/mol. The van der Waals surface area contributed by atoms with Crippen molar-refractivity contribution in [3.05, 3.63) is 29.3 Å². The summed E-state index contributed by atoms with van der Waals surface area (Å²) in [5, 5.41) is 5.93. The average Bonchev–Trinajstić information content (AvgIpc) is 2.38. The lowest BCUT2D eigenvalue weighted by atomic mass is 9.93. The van der Waals surface area contributed by atoms with Crippen molar-refractivity contribution >= 4 is 11.6 Å². The third kappa shape index (κ3) is 3.26. The summed E-state index contributed by atoms with van der Waals surface area (Å²) in [5.74, 6) is 0.652. The first-order valence-corrected chi connectivity index (χ1v) is 6.88. The topological polar surface area (TPSA) is 44.4 Å². The third-order valence-corrected chi connectivity index (χ3v) is 3.57. The zero-order valence-electron chi connectivity index (χ0n) is 12.0. The summed E-state index contributed by atoms with van der Waals surface area (Å²) < 4.78 is 0. The van der Waals surface area contributed by atoms with Gasteiger partial charge < -0.3 is 15.5 Å². The van der Waals surface area contributed by atoms with Crippen LogP contribution in [-0.4, -0.2) is 39.6 Å².